The van der Waals surface area contributed by atoms with Crippen LogP contribution in [0.5, 0.6) is 0 Å². The Balaban J connectivity index is 2.53. The van der Waals surface area contributed by atoms with E-state index in [-0.39, 0.29) is 17.9 Å². The molecule has 0 saturated carbocycles. The van der Waals surface area contributed by atoms with Gasteiger partial charge in [-0.2, -0.15) is 0 Å². The molecule has 0 aliphatic carbocycles. The molecule has 1 aromatic carbocycles. The van der Waals surface area contributed by atoms with Gasteiger partial charge in [0.15, 0.2) is 0 Å². The number of nitrogens with two attached hydrogens (primary N) is 1. The van der Waals surface area contributed by atoms with Gasteiger partial charge in [-0.3, -0.25) is 4.79 Å². The van der Waals surface area contributed by atoms with Gasteiger partial charge >= 0.3 is 0 Å². The van der Waals surface area contributed by atoms with Crippen LogP contribution >= 0.6 is 0 Å². The molecule has 18 heavy (non-hydrogen) atoms. The van der Waals surface area contributed by atoms with Crippen LogP contribution in [0.2, 0.25) is 0 Å². The number of hydrogen-bond acceptors (Lipinski definition) is 3. The molecule has 0 bridgehead atoms. The largest absolute Gasteiger partial charge is 0.377 e. The molecular formula is C14H22N2O2. The number of ether oxygens (including phenoxy) is 1. The molecule has 2 atom stereocenters. The first kappa shape index (κ1) is 14.7. The van der Waals surface area contributed by atoms with Gasteiger partial charge in [0.2, 0.25) is 5.91 Å². The van der Waals surface area contributed by atoms with Crippen LogP contribution in [0, 0.1) is 0 Å². The van der Waals surface area contributed by atoms with E-state index in [1.807, 2.05) is 44.2 Å². The van der Waals surface area contributed by atoms with Crippen LogP contribution < -0.4 is 11.1 Å². The second kappa shape index (κ2) is 7.84. The zero-order valence-electron chi connectivity index (χ0n) is 11.1. The minimum absolute atomic E-state index is 0.0214. The summed E-state index contributed by atoms with van der Waals surface area (Å²) in [6.45, 7) is 5.33. The lowest BCUT2D eigenvalue weighted by Gasteiger charge is -2.17. The molecule has 3 N–H and O–H groups in total. The lowest BCUT2D eigenvalue weighted by Crippen LogP contribution is -2.37. The van der Waals surface area contributed by atoms with Crippen LogP contribution in [-0.2, 0) is 9.53 Å². The van der Waals surface area contributed by atoms with Crippen LogP contribution in [0.4, 0.5) is 0 Å². The van der Waals surface area contributed by atoms with Crippen molar-refractivity contribution in [3.8, 4) is 0 Å². The van der Waals surface area contributed by atoms with Gasteiger partial charge < -0.3 is 15.8 Å². The van der Waals surface area contributed by atoms with Crippen molar-refractivity contribution >= 4 is 5.91 Å². The van der Waals surface area contributed by atoms with Crippen LogP contribution in [0.15, 0.2) is 30.3 Å². The summed E-state index contributed by atoms with van der Waals surface area (Å²) >= 11 is 0. The molecule has 1 aromatic rings. The van der Waals surface area contributed by atoms with Gasteiger partial charge in [-0.1, -0.05) is 30.3 Å². The Morgan fingerprint density at radius 2 is 2.06 bits per heavy atom. The second-order valence-corrected chi connectivity index (χ2v) is 4.21. The molecule has 0 aromatic heterocycles. The first-order chi connectivity index (χ1) is 8.69. The van der Waals surface area contributed by atoms with Crippen molar-refractivity contribution in [3.63, 3.8) is 0 Å². The first-order valence-electron chi connectivity index (χ1n) is 6.33. The van der Waals surface area contributed by atoms with Gasteiger partial charge in [0.25, 0.3) is 0 Å². The van der Waals surface area contributed by atoms with Gasteiger partial charge in [0.1, 0.15) is 0 Å². The van der Waals surface area contributed by atoms with Crippen LogP contribution in [0.1, 0.15) is 25.3 Å². The number of carbonyl (C=O) groups is 1. The number of benzene rings is 1. The van der Waals surface area contributed by atoms with E-state index in [1.165, 1.54) is 0 Å². The Hall–Kier alpha value is -1.39. The van der Waals surface area contributed by atoms with E-state index >= 15 is 0 Å². The number of rotatable bonds is 7. The van der Waals surface area contributed by atoms with Crippen molar-refractivity contribution in [2.75, 3.05) is 19.7 Å². The quantitative estimate of drug-likeness (QED) is 0.766. The van der Waals surface area contributed by atoms with Gasteiger partial charge in [-0.25, -0.2) is 0 Å². The van der Waals surface area contributed by atoms with Crippen LogP contribution in [0.3, 0.4) is 0 Å². The van der Waals surface area contributed by atoms with Crippen molar-refractivity contribution in [3.05, 3.63) is 35.9 Å². The van der Waals surface area contributed by atoms with Crippen LogP contribution in [0.25, 0.3) is 0 Å². The third kappa shape index (κ3) is 4.47. The van der Waals surface area contributed by atoms with Gasteiger partial charge in [-0.05, 0) is 19.4 Å². The summed E-state index contributed by atoms with van der Waals surface area (Å²) < 4.78 is 5.37. The smallest absolute Gasteiger partial charge is 0.228 e. The third-order valence-corrected chi connectivity index (χ3v) is 2.77. The molecule has 0 saturated heterocycles. The standard InChI is InChI=1S/C14H22N2O2/c1-3-18-11(2)10-16-14(17)13(9-15)12-7-5-4-6-8-12/h4-8,11,13H,3,9-10,15H2,1-2H3,(H,16,17). The van der Waals surface area contributed by atoms with Crippen molar-refractivity contribution in [1.29, 1.82) is 0 Å². The highest BCUT2D eigenvalue weighted by molar-refractivity contribution is 5.83. The molecule has 0 fully saturated rings. The van der Waals surface area contributed by atoms with Gasteiger partial charge in [-0.15, -0.1) is 0 Å². The maximum Gasteiger partial charge on any atom is 0.228 e. The Kier molecular flexibility index (Phi) is 6.39. The average Bonchev–Trinajstić information content (AvgIpc) is 2.39. The Bertz CT molecular complexity index is 354. The third-order valence-electron chi connectivity index (χ3n) is 2.77. The number of hydrogen-bond donors (Lipinski definition) is 2. The molecule has 2 unspecified atom stereocenters. The Morgan fingerprint density at radius 3 is 2.61 bits per heavy atom. The molecule has 0 aliphatic rings. The van der Waals surface area contributed by atoms with E-state index < -0.39 is 0 Å². The predicted octanol–water partition coefficient (Wildman–Crippen LogP) is 1.27. The number of amides is 1. The molecule has 0 heterocycles. The molecule has 0 spiro atoms. The fourth-order valence-electron chi connectivity index (χ4n) is 1.79. The van der Waals surface area contributed by atoms with Crippen molar-refractivity contribution in [2.45, 2.75) is 25.9 Å². The molecule has 0 aliphatic heterocycles. The van der Waals surface area contributed by atoms with E-state index in [4.69, 9.17) is 10.5 Å². The molecular weight excluding hydrogens is 228 g/mol. The number of nitrogens with one attached hydrogen (secondary N) is 1. The summed E-state index contributed by atoms with van der Waals surface area (Å²) in [7, 11) is 0. The minimum Gasteiger partial charge on any atom is -0.377 e. The zero-order chi connectivity index (χ0) is 13.4. The zero-order valence-corrected chi connectivity index (χ0v) is 11.1. The van der Waals surface area contributed by atoms with Gasteiger partial charge in [0, 0.05) is 19.7 Å². The monoisotopic (exact) mass is 250 g/mol. The molecule has 1 amide bonds. The molecule has 1 rings (SSSR count). The maximum atomic E-state index is 12.0. The highest BCUT2D eigenvalue weighted by Crippen LogP contribution is 2.13. The maximum absolute atomic E-state index is 12.0. The summed E-state index contributed by atoms with van der Waals surface area (Å²) in [5.74, 6) is -0.338. The highest BCUT2D eigenvalue weighted by Gasteiger charge is 2.18. The molecule has 100 valence electrons. The molecule has 0 radical (unpaired) electrons. The fourth-order valence-corrected chi connectivity index (χ4v) is 1.79. The van der Waals surface area contributed by atoms with E-state index in [2.05, 4.69) is 5.32 Å². The van der Waals surface area contributed by atoms with Crippen molar-refractivity contribution in [2.24, 2.45) is 5.73 Å². The topological polar surface area (TPSA) is 64.3 Å². The first-order valence-corrected chi connectivity index (χ1v) is 6.33. The predicted molar refractivity (Wildman–Crippen MR) is 72.3 cm³/mol. The summed E-state index contributed by atoms with van der Waals surface area (Å²) in [4.78, 5) is 12.0. The van der Waals surface area contributed by atoms with Crippen molar-refractivity contribution < 1.29 is 9.53 Å². The average molecular weight is 250 g/mol. The number of carbonyl (C=O) groups excluding carboxylic acids is 1. The molecule has 4 heteroatoms. The van der Waals surface area contributed by atoms with E-state index in [0.29, 0.717) is 19.7 Å². The van der Waals surface area contributed by atoms with Gasteiger partial charge in [0.05, 0.1) is 12.0 Å². The molecule has 4 nitrogen and oxygen atoms in total. The lowest BCUT2D eigenvalue weighted by atomic mass is 9.98. The summed E-state index contributed by atoms with van der Waals surface area (Å²) in [5, 5.41) is 2.87. The summed E-state index contributed by atoms with van der Waals surface area (Å²) in [6, 6.07) is 9.58. The van der Waals surface area contributed by atoms with E-state index in [0.717, 1.165) is 5.56 Å². The van der Waals surface area contributed by atoms with E-state index in [1.54, 1.807) is 0 Å². The normalized spacial score (nSPS) is 13.9. The SMILES string of the molecule is CCOC(C)CNC(=O)C(CN)c1ccccc1. The summed E-state index contributed by atoms with van der Waals surface area (Å²) in [6.07, 6.45) is 0.0214. The minimum atomic E-state index is -0.292. The fraction of sp³-hybridized carbons (Fsp3) is 0.500. The van der Waals surface area contributed by atoms with Crippen LogP contribution in [-0.4, -0.2) is 31.7 Å². The Morgan fingerprint density at radius 1 is 1.39 bits per heavy atom. The Labute approximate surface area is 109 Å². The van der Waals surface area contributed by atoms with Crippen molar-refractivity contribution in [1.82, 2.24) is 5.32 Å². The van der Waals surface area contributed by atoms with E-state index in [9.17, 15) is 4.79 Å². The second-order valence-electron chi connectivity index (χ2n) is 4.21. The lowest BCUT2D eigenvalue weighted by molar-refractivity contribution is -0.123. The summed E-state index contributed by atoms with van der Waals surface area (Å²) in [5.41, 5.74) is 6.62. The highest BCUT2D eigenvalue weighted by atomic mass is 16.5.